The van der Waals surface area contributed by atoms with Crippen molar-refractivity contribution >= 4 is 31.8 Å². The van der Waals surface area contributed by atoms with Crippen LogP contribution < -0.4 is 10.5 Å². The summed E-state index contributed by atoms with van der Waals surface area (Å²) in [6.07, 6.45) is 0.908. The van der Waals surface area contributed by atoms with Crippen molar-refractivity contribution < 1.29 is 8.42 Å². The molecule has 3 N–H and O–H groups in total. The molecular weight excluding hydrogens is 442 g/mol. The van der Waals surface area contributed by atoms with Gasteiger partial charge in [0.1, 0.15) is 17.5 Å². The normalized spacial score (nSPS) is 11.3. The van der Waals surface area contributed by atoms with Crippen molar-refractivity contribution in [1.82, 2.24) is 14.5 Å². The maximum Gasteiger partial charge on any atom is 0.240 e. The highest BCUT2D eigenvalue weighted by Gasteiger charge is 2.17. The molecule has 2 aromatic carbocycles. The summed E-state index contributed by atoms with van der Waals surface area (Å²) in [5.41, 5.74) is 7.70. The SMILES string of the molecule is N#Cc1c(CCCNS(=O)(=O)c2ccc(Br)cc2)nn(-c2ccccc2)c1N. The summed E-state index contributed by atoms with van der Waals surface area (Å²) in [4.78, 5) is 0.200. The van der Waals surface area contributed by atoms with Gasteiger partial charge in [0.2, 0.25) is 10.0 Å². The summed E-state index contributed by atoms with van der Waals surface area (Å²) in [5.74, 6) is 0.277. The first kappa shape index (κ1) is 20.1. The van der Waals surface area contributed by atoms with Crippen LogP contribution in [-0.4, -0.2) is 24.7 Å². The highest BCUT2D eigenvalue weighted by Crippen LogP contribution is 2.21. The number of aromatic nitrogens is 2. The zero-order chi connectivity index (χ0) is 20.1. The number of nitrogens with two attached hydrogens (primary N) is 1. The molecule has 3 aromatic rings. The maximum atomic E-state index is 12.3. The minimum absolute atomic E-state index is 0.200. The standard InChI is InChI=1S/C19H18BrN5O2S/c20-14-8-10-16(11-9-14)28(26,27)23-12-4-7-18-17(13-21)19(22)25(24-18)15-5-2-1-3-6-15/h1-3,5-6,8-11,23H,4,7,12,22H2. The van der Waals surface area contributed by atoms with Gasteiger partial charge in [0, 0.05) is 11.0 Å². The number of nitrogens with zero attached hydrogens (tertiary/aromatic N) is 3. The number of hydrogen-bond donors (Lipinski definition) is 2. The lowest BCUT2D eigenvalue weighted by Crippen LogP contribution is -2.25. The third-order valence-electron chi connectivity index (χ3n) is 4.11. The summed E-state index contributed by atoms with van der Waals surface area (Å²) in [7, 11) is -3.58. The predicted octanol–water partition coefficient (Wildman–Crippen LogP) is 3.00. The van der Waals surface area contributed by atoms with E-state index in [2.05, 4.69) is 31.8 Å². The number of nitrogen functional groups attached to an aromatic ring is 1. The highest BCUT2D eigenvalue weighted by molar-refractivity contribution is 9.10. The molecule has 0 saturated carbocycles. The van der Waals surface area contributed by atoms with Crippen molar-refractivity contribution in [1.29, 1.82) is 5.26 Å². The van der Waals surface area contributed by atoms with Gasteiger partial charge < -0.3 is 5.73 Å². The minimum atomic E-state index is -3.58. The Labute approximate surface area is 172 Å². The van der Waals surface area contributed by atoms with E-state index in [1.165, 1.54) is 16.8 Å². The van der Waals surface area contributed by atoms with E-state index in [4.69, 9.17) is 5.73 Å². The Bertz CT molecular complexity index is 1100. The van der Waals surface area contributed by atoms with Crippen LogP contribution in [0, 0.1) is 11.3 Å². The van der Waals surface area contributed by atoms with Crippen molar-refractivity contribution in [3.05, 3.63) is 70.3 Å². The zero-order valence-corrected chi connectivity index (χ0v) is 17.2. The Hall–Kier alpha value is -2.67. The van der Waals surface area contributed by atoms with E-state index in [1.807, 2.05) is 30.3 Å². The van der Waals surface area contributed by atoms with E-state index in [-0.39, 0.29) is 17.3 Å². The molecule has 0 unspecified atom stereocenters. The molecule has 0 fully saturated rings. The van der Waals surface area contributed by atoms with Crippen molar-refractivity contribution in [2.45, 2.75) is 17.7 Å². The molecule has 7 nitrogen and oxygen atoms in total. The largest absolute Gasteiger partial charge is 0.382 e. The fourth-order valence-corrected chi connectivity index (χ4v) is 4.04. The van der Waals surface area contributed by atoms with E-state index in [9.17, 15) is 13.7 Å². The molecule has 1 heterocycles. The van der Waals surface area contributed by atoms with E-state index in [0.717, 1.165) is 10.2 Å². The van der Waals surface area contributed by atoms with Gasteiger partial charge in [-0.25, -0.2) is 17.8 Å². The van der Waals surface area contributed by atoms with E-state index in [0.29, 0.717) is 24.1 Å². The van der Waals surface area contributed by atoms with Gasteiger partial charge >= 0.3 is 0 Å². The third kappa shape index (κ3) is 4.42. The molecular formula is C19H18BrN5O2S. The second-order valence-corrected chi connectivity index (χ2v) is 8.70. The Balaban J connectivity index is 1.67. The maximum absolute atomic E-state index is 12.3. The van der Waals surface area contributed by atoms with Gasteiger partial charge in [0.25, 0.3) is 0 Å². The number of nitriles is 1. The van der Waals surface area contributed by atoms with Gasteiger partial charge in [-0.1, -0.05) is 34.1 Å². The quantitative estimate of drug-likeness (QED) is 0.527. The average Bonchev–Trinajstić information content (AvgIpc) is 3.01. The Kier molecular flexibility index (Phi) is 6.14. The van der Waals surface area contributed by atoms with Crippen LogP contribution >= 0.6 is 15.9 Å². The second kappa shape index (κ2) is 8.56. The number of benzene rings is 2. The number of hydrogen-bond acceptors (Lipinski definition) is 5. The molecule has 1 aromatic heterocycles. The fraction of sp³-hybridized carbons (Fsp3) is 0.158. The number of sulfonamides is 1. The number of nitrogens with one attached hydrogen (secondary N) is 1. The van der Waals surface area contributed by atoms with Gasteiger partial charge in [-0.05, 0) is 49.2 Å². The van der Waals surface area contributed by atoms with Crippen LogP contribution in [0.4, 0.5) is 5.82 Å². The monoisotopic (exact) mass is 459 g/mol. The topological polar surface area (TPSA) is 114 Å². The molecule has 0 atom stereocenters. The molecule has 3 rings (SSSR count). The lowest BCUT2D eigenvalue weighted by atomic mass is 10.1. The summed E-state index contributed by atoms with van der Waals surface area (Å²) >= 11 is 3.28. The van der Waals surface area contributed by atoms with E-state index < -0.39 is 10.0 Å². The molecule has 0 aliphatic heterocycles. The molecule has 0 amide bonds. The molecule has 144 valence electrons. The highest BCUT2D eigenvalue weighted by atomic mass is 79.9. The molecule has 9 heteroatoms. The van der Waals surface area contributed by atoms with Gasteiger partial charge in [-0.3, -0.25) is 0 Å². The number of para-hydroxylation sites is 1. The lowest BCUT2D eigenvalue weighted by molar-refractivity contribution is 0.578. The summed E-state index contributed by atoms with van der Waals surface area (Å²) < 4.78 is 29.5. The number of rotatable bonds is 7. The Morgan fingerprint density at radius 2 is 1.82 bits per heavy atom. The number of aryl methyl sites for hydroxylation is 1. The van der Waals surface area contributed by atoms with Gasteiger partial charge in [0.15, 0.2) is 0 Å². The molecule has 0 radical (unpaired) electrons. The third-order valence-corrected chi connectivity index (χ3v) is 6.12. The van der Waals surface area contributed by atoms with E-state index >= 15 is 0 Å². The molecule has 0 aliphatic carbocycles. The smallest absolute Gasteiger partial charge is 0.240 e. The summed E-state index contributed by atoms with van der Waals surface area (Å²) in [5, 5.41) is 13.9. The van der Waals surface area contributed by atoms with Crippen LogP contribution in [0.25, 0.3) is 5.69 Å². The average molecular weight is 460 g/mol. The van der Waals surface area contributed by atoms with Crippen molar-refractivity contribution in [3.8, 4) is 11.8 Å². The van der Waals surface area contributed by atoms with Crippen molar-refractivity contribution in [3.63, 3.8) is 0 Å². The van der Waals surface area contributed by atoms with Gasteiger partial charge in [0.05, 0.1) is 16.3 Å². The van der Waals surface area contributed by atoms with Crippen molar-refractivity contribution in [2.75, 3.05) is 12.3 Å². The first-order valence-corrected chi connectivity index (χ1v) is 10.8. The Morgan fingerprint density at radius 3 is 2.46 bits per heavy atom. The van der Waals surface area contributed by atoms with Crippen LogP contribution in [0.15, 0.2) is 64.0 Å². The molecule has 0 bridgehead atoms. The van der Waals surface area contributed by atoms with Gasteiger partial charge in [-0.15, -0.1) is 0 Å². The van der Waals surface area contributed by atoms with Crippen molar-refractivity contribution in [2.24, 2.45) is 0 Å². The predicted molar refractivity (Wildman–Crippen MR) is 110 cm³/mol. The fourth-order valence-electron chi connectivity index (χ4n) is 2.70. The number of halogens is 1. The van der Waals surface area contributed by atoms with Gasteiger partial charge in [-0.2, -0.15) is 10.4 Å². The minimum Gasteiger partial charge on any atom is -0.382 e. The van der Waals surface area contributed by atoms with Crippen LogP contribution in [0.1, 0.15) is 17.7 Å². The molecule has 28 heavy (non-hydrogen) atoms. The van der Waals surface area contributed by atoms with Crippen LogP contribution in [0.5, 0.6) is 0 Å². The summed E-state index contributed by atoms with van der Waals surface area (Å²) in [6, 6.07) is 17.8. The summed E-state index contributed by atoms with van der Waals surface area (Å²) in [6.45, 7) is 0.224. The first-order valence-electron chi connectivity index (χ1n) is 8.50. The van der Waals surface area contributed by atoms with Crippen LogP contribution in [0.3, 0.4) is 0 Å². The first-order chi connectivity index (χ1) is 13.4. The van der Waals surface area contributed by atoms with E-state index in [1.54, 1.807) is 12.1 Å². The molecule has 0 aliphatic rings. The lowest BCUT2D eigenvalue weighted by Gasteiger charge is -2.06. The van der Waals surface area contributed by atoms with Crippen LogP contribution in [-0.2, 0) is 16.4 Å². The Morgan fingerprint density at radius 1 is 1.14 bits per heavy atom. The number of anilines is 1. The van der Waals surface area contributed by atoms with Crippen LogP contribution in [0.2, 0.25) is 0 Å². The second-order valence-electron chi connectivity index (χ2n) is 6.02. The molecule has 0 saturated heterocycles. The molecule has 0 spiro atoms. The zero-order valence-electron chi connectivity index (χ0n) is 14.8.